The lowest BCUT2D eigenvalue weighted by Crippen LogP contribution is -2.37. The van der Waals surface area contributed by atoms with Crippen molar-refractivity contribution in [3.63, 3.8) is 0 Å². The highest BCUT2D eigenvalue weighted by Gasteiger charge is 2.32. The monoisotopic (exact) mass is 176 g/mol. The molecular weight excluding hydrogens is 162 g/mol. The highest BCUT2D eigenvalue weighted by molar-refractivity contribution is 5.09. The highest BCUT2D eigenvalue weighted by atomic mass is 19.3. The molecule has 12 heavy (non-hydrogen) atoms. The Bertz CT molecular complexity index is 199. The van der Waals surface area contributed by atoms with Gasteiger partial charge in [0.15, 0.2) is 0 Å². The molecule has 1 aliphatic heterocycles. The number of allylic oxidation sites excluding steroid dienone is 1. The van der Waals surface area contributed by atoms with Crippen LogP contribution in [-0.2, 0) is 0 Å². The fourth-order valence-electron chi connectivity index (χ4n) is 1.27. The van der Waals surface area contributed by atoms with Crippen molar-refractivity contribution in [2.75, 3.05) is 27.7 Å². The van der Waals surface area contributed by atoms with Gasteiger partial charge in [-0.05, 0) is 0 Å². The average Bonchev–Trinajstić information content (AvgIpc) is 1.94. The molecule has 0 atom stereocenters. The molecule has 0 radical (unpaired) electrons. The predicted molar refractivity (Wildman–Crippen MR) is 44.0 cm³/mol. The molecule has 2 nitrogen and oxygen atoms in total. The third-order valence-corrected chi connectivity index (χ3v) is 1.97. The van der Waals surface area contributed by atoms with Crippen molar-refractivity contribution >= 4 is 0 Å². The molecule has 0 N–H and O–H groups in total. The quantitative estimate of drug-likeness (QED) is 0.595. The van der Waals surface area contributed by atoms with Crippen molar-refractivity contribution in [1.29, 1.82) is 0 Å². The molecule has 0 aromatic heterocycles. The normalized spacial score (nSPS) is 22.1. The molecule has 0 unspecified atom stereocenters. The first-order valence-electron chi connectivity index (χ1n) is 3.91. The van der Waals surface area contributed by atoms with Gasteiger partial charge in [-0.3, -0.25) is 0 Å². The first kappa shape index (κ1) is 9.29. The van der Waals surface area contributed by atoms with Crippen molar-refractivity contribution < 1.29 is 8.78 Å². The van der Waals surface area contributed by atoms with Crippen LogP contribution in [-0.4, -0.2) is 43.4 Å². The van der Waals surface area contributed by atoms with Crippen molar-refractivity contribution in [3.8, 4) is 0 Å². The molecule has 70 valence electrons. The fourth-order valence-corrected chi connectivity index (χ4v) is 1.27. The van der Waals surface area contributed by atoms with Crippen LogP contribution in [0, 0.1) is 0 Å². The van der Waals surface area contributed by atoms with Crippen LogP contribution in [0.25, 0.3) is 0 Å². The summed E-state index contributed by atoms with van der Waals surface area (Å²) in [5.74, 6) is -2.04. The Morgan fingerprint density at radius 3 is 2.50 bits per heavy atom. The first-order valence-corrected chi connectivity index (χ1v) is 3.91. The fraction of sp³-hybridized carbons (Fsp3) is 0.750. The molecule has 4 heteroatoms. The van der Waals surface area contributed by atoms with Crippen molar-refractivity contribution in [1.82, 2.24) is 9.80 Å². The number of hydrogen-bond donors (Lipinski definition) is 0. The molecule has 1 rings (SSSR count). The molecule has 0 saturated carbocycles. The summed E-state index contributed by atoms with van der Waals surface area (Å²) in [6.45, 7) is 0.414. The maximum Gasteiger partial charge on any atom is 0.271 e. The van der Waals surface area contributed by atoms with Crippen LogP contribution in [0.3, 0.4) is 0 Å². The van der Waals surface area contributed by atoms with Crippen LogP contribution in [0.1, 0.15) is 6.42 Å². The van der Waals surface area contributed by atoms with Crippen LogP contribution in [0.2, 0.25) is 0 Å². The first-order chi connectivity index (χ1) is 5.42. The van der Waals surface area contributed by atoms with Crippen LogP contribution in [0.4, 0.5) is 8.78 Å². The summed E-state index contributed by atoms with van der Waals surface area (Å²) in [5, 5.41) is 0. The van der Waals surface area contributed by atoms with E-state index in [1.165, 1.54) is 0 Å². The van der Waals surface area contributed by atoms with E-state index in [1.54, 1.807) is 19.0 Å². The van der Waals surface area contributed by atoms with Crippen LogP contribution >= 0.6 is 0 Å². The van der Waals surface area contributed by atoms with E-state index in [4.69, 9.17) is 0 Å². The minimum atomic E-state index is -2.63. The summed E-state index contributed by atoms with van der Waals surface area (Å²) in [5.41, 5.74) is 0. The summed E-state index contributed by atoms with van der Waals surface area (Å²) < 4.78 is 25.7. The number of alkyl halides is 2. The second-order valence-corrected chi connectivity index (χ2v) is 3.33. The van der Waals surface area contributed by atoms with Gasteiger partial charge in [0, 0.05) is 40.2 Å². The average molecular weight is 176 g/mol. The summed E-state index contributed by atoms with van der Waals surface area (Å²) in [7, 11) is 5.36. The van der Waals surface area contributed by atoms with Gasteiger partial charge >= 0.3 is 0 Å². The molecule has 0 saturated heterocycles. The number of nitrogens with zero attached hydrogens (tertiary/aromatic N) is 2. The number of hydrogen-bond acceptors (Lipinski definition) is 2. The zero-order chi connectivity index (χ0) is 9.35. The van der Waals surface area contributed by atoms with Gasteiger partial charge in [-0.15, -0.1) is 0 Å². The molecule has 0 fully saturated rings. The Labute approximate surface area is 71.4 Å². The maximum absolute atomic E-state index is 12.9. The van der Waals surface area contributed by atoms with E-state index >= 15 is 0 Å². The molecule has 1 aliphatic rings. The lowest BCUT2D eigenvalue weighted by Gasteiger charge is -2.34. The van der Waals surface area contributed by atoms with E-state index in [9.17, 15) is 8.78 Å². The summed E-state index contributed by atoms with van der Waals surface area (Å²) in [6.07, 6.45) is 0.942. The van der Waals surface area contributed by atoms with Crippen LogP contribution in [0.5, 0.6) is 0 Å². The Kier molecular flexibility index (Phi) is 2.26. The highest BCUT2D eigenvalue weighted by Crippen LogP contribution is 2.28. The van der Waals surface area contributed by atoms with Gasteiger partial charge in [-0.25, -0.2) is 8.78 Å². The van der Waals surface area contributed by atoms with E-state index in [1.807, 2.05) is 11.9 Å². The molecule has 0 aromatic rings. The standard InChI is InChI=1S/C8H14F2N2/c1-11(2)7-6-8(9,10)4-5-12(7)3/h6H,4-5H2,1-3H3. The Morgan fingerprint density at radius 1 is 1.50 bits per heavy atom. The Morgan fingerprint density at radius 2 is 2.08 bits per heavy atom. The van der Waals surface area contributed by atoms with Crippen molar-refractivity contribution in [2.24, 2.45) is 0 Å². The Balaban J connectivity index is 2.85. The molecular formula is C8H14F2N2. The van der Waals surface area contributed by atoms with E-state index in [-0.39, 0.29) is 6.42 Å². The molecule has 0 spiro atoms. The van der Waals surface area contributed by atoms with Gasteiger partial charge < -0.3 is 9.80 Å². The zero-order valence-corrected chi connectivity index (χ0v) is 7.64. The van der Waals surface area contributed by atoms with Crippen LogP contribution < -0.4 is 0 Å². The van der Waals surface area contributed by atoms with Gasteiger partial charge in [-0.2, -0.15) is 0 Å². The van der Waals surface area contributed by atoms with E-state index in [0.29, 0.717) is 12.4 Å². The zero-order valence-electron chi connectivity index (χ0n) is 7.64. The number of halogens is 2. The summed E-state index contributed by atoms with van der Waals surface area (Å²) in [4.78, 5) is 3.53. The molecule has 1 heterocycles. The lowest BCUT2D eigenvalue weighted by molar-refractivity contribution is 0.0187. The molecule has 0 bridgehead atoms. The van der Waals surface area contributed by atoms with E-state index in [2.05, 4.69) is 0 Å². The van der Waals surface area contributed by atoms with Gasteiger partial charge in [0.1, 0.15) is 5.82 Å². The predicted octanol–water partition coefficient (Wildman–Crippen LogP) is 1.36. The third-order valence-electron chi connectivity index (χ3n) is 1.97. The smallest absolute Gasteiger partial charge is 0.271 e. The lowest BCUT2D eigenvalue weighted by atomic mass is 10.1. The second kappa shape index (κ2) is 2.92. The Hall–Kier alpha value is -0.800. The number of rotatable bonds is 1. The van der Waals surface area contributed by atoms with Gasteiger partial charge in [0.05, 0.1) is 0 Å². The molecule has 0 amide bonds. The topological polar surface area (TPSA) is 6.48 Å². The molecule has 0 aliphatic carbocycles. The van der Waals surface area contributed by atoms with E-state index < -0.39 is 5.92 Å². The van der Waals surface area contributed by atoms with Gasteiger partial charge in [-0.1, -0.05) is 0 Å². The minimum Gasteiger partial charge on any atom is -0.365 e. The second-order valence-electron chi connectivity index (χ2n) is 3.33. The van der Waals surface area contributed by atoms with E-state index in [0.717, 1.165) is 6.08 Å². The van der Waals surface area contributed by atoms with Gasteiger partial charge in [0.25, 0.3) is 5.92 Å². The SMILES string of the molecule is CN(C)C1=CC(F)(F)CCN1C. The largest absolute Gasteiger partial charge is 0.365 e. The maximum atomic E-state index is 12.9. The third kappa shape index (κ3) is 1.87. The van der Waals surface area contributed by atoms with Crippen molar-refractivity contribution in [3.05, 3.63) is 11.9 Å². The minimum absolute atomic E-state index is 0.0825. The molecule has 0 aromatic carbocycles. The van der Waals surface area contributed by atoms with Gasteiger partial charge in [0.2, 0.25) is 0 Å². The van der Waals surface area contributed by atoms with Crippen LogP contribution in [0.15, 0.2) is 11.9 Å². The summed E-state index contributed by atoms with van der Waals surface area (Å²) >= 11 is 0. The van der Waals surface area contributed by atoms with Crippen molar-refractivity contribution in [2.45, 2.75) is 12.3 Å². The summed E-state index contributed by atoms with van der Waals surface area (Å²) in [6, 6.07) is 0.